The zero-order valence-electron chi connectivity index (χ0n) is 12.1. The van der Waals surface area contributed by atoms with Gasteiger partial charge in [0, 0.05) is 5.56 Å². The van der Waals surface area contributed by atoms with Gasteiger partial charge in [-0.2, -0.15) is 0 Å². The molecule has 2 aromatic rings. The van der Waals surface area contributed by atoms with Crippen LogP contribution in [0.4, 0.5) is 5.69 Å². The van der Waals surface area contributed by atoms with Gasteiger partial charge in [0.25, 0.3) is 0 Å². The highest BCUT2D eigenvalue weighted by atomic mass is 32.1. The second-order valence-electron chi connectivity index (χ2n) is 5.01. The average Bonchev–Trinajstić information content (AvgIpc) is 2.41. The van der Waals surface area contributed by atoms with Crippen LogP contribution in [0.5, 0.6) is 0 Å². The molecule has 0 saturated heterocycles. The smallest absolute Gasteiger partial charge is 0.228 e. The van der Waals surface area contributed by atoms with Crippen LogP contribution in [0.25, 0.3) is 0 Å². The zero-order chi connectivity index (χ0) is 15.4. The van der Waals surface area contributed by atoms with Gasteiger partial charge in [-0.15, -0.1) is 0 Å². The van der Waals surface area contributed by atoms with Crippen molar-refractivity contribution in [3.63, 3.8) is 0 Å². The molecule has 0 spiro atoms. The van der Waals surface area contributed by atoms with Gasteiger partial charge in [-0.05, 0) is 36.6 Å². The quantitative estimate of drug-likeness (QED) is 0.853. The van der Waals surface area contributed by atoms with Crippen molar-refractivity contribution in [2.45, 2.75) is 20.3 Å². The van der Waals surface area contributed by atoms with Gasteiger partial charge in [0.05, 0.1) is 12.1 Å². The van der Waals surface area contributed by atoms with E-state index in [9.17, 15) is 4.79 Å². The van der Waals surface area contributed by atoms with E-state index < -0.39 is 0 Å². The Bertz CT molecular complexity index is 695. The summed E-state index contributed by atoms with van der Waals surface area (Å²) in [7, 11) is 0. The lowest BCUT2D eigenvalue weighted by Crippen LogP contribution is -2.20. The molecule has 0 aliphatic rings. The predicted octanol–water partition coefficient (Wildman–Crippen LogP) is 3.12. The molecule has 0 aromatic heterocycles. The second-order valence-corrected chi connectivity index (χ2v) is 5.45. The Morgan fingerprint density at radius 3 is 2.43 bits per heavy atom. The van der Waals surface area contributed by atoms with E-state index in [2.05, 4.69) is 5.32 Å². The maximum Gasteiger partial charge on any atom is 0.228 e. The van der Waals surface area contributed by atoms with Crippen molar-refractivity contribution in [3.8, 4) is 0 Å². The van der Waals surface area contributed by atoms with Crippen molar-refractivity contribution >= 4 is 28.8 Å². The average molecular weight is 298 g/mol. The monoisotopic (exact) mass is 298 g/mol. The van der Waals surface area contributed by atoms with E-state index in [0.29, 0.717) is 17.1 Å². The Kier molecular flexibility index (Phi) is 4.70. The van der Waals surface area contributed by atoms with E-state index >= 15 is 0 Å². The molecule has 0 heterocycles. The van der Waals surface area contributed by atoms with Crippen LogP contribution in [0.15, 0.2) is 42.5 Å². The molecule has 0 aliphatic heterocycles. The number of hydrogen-bond acceptors (Lipinski definition) is 2. The Balaban J connectivity index is 2.19. The molecule has 2 aromatic carbocycles. The van der Waals surface area contributed by atoms with Crippen molar-refractivity contribution in [1.82, 2.24) is 0 Å². The maximum absolute atomic E-state index is 12.2. The molecule has 1 amide bonds. The Morgan fingerprint density at radius 2 is 1.76 bits per heavy atom. The fourth-order valence-electron chi connectivity index (χ4n) is 2.27. The van der Waals surface area contributed by atoms with Crippen molar-refractivity contribution in [1.29, 1.82) is 0 Å². The number of aryl methyl sites for hydroxylation is 2. The van der Waals surface area contributed by atoms with Crippen molar-refractivity contribution < 1.29 is 4.79 Å². The van der Waals surface area contributed by atoms with Gasteiger partial charge in [0.2, 0.25) is 5.91 Å². The second kappa shape index (κ2) is 6.50. The number of hydrogen-bond donors (Lipinski definition) is 2. The summed E-state index contributed by atoms with van der Waals surface area (Å²) in [6, 6.07) is 13.5. The first-order valence-corrected chi connectivity index (χ1v) is 7.13. The van der Waals surface area contributed by atoms with Crippen LogP contribution in [0.2, 0.25) is 0 Å². The molecule has 2 rings (SSSR count). The molecule has 0 fully saturated rings. The molecule has 0 saturated carbocycles. The van der Waals surface area contributed by atoms with Crippen molar-refractivity contribution in [2.24, 2.45) is 5.73 Å². The van der Waals surface area contributed by atoms with Gasteiger partial charge in [0.15, 0.2) is 0 Å². The van der Waals surface area contributed by atoms with Crippen LogP contribution < -0.4 is 11.1 Å². The molecular formula is C17H18N2OS. The molecular weight excluding hydrogens is 280 g/mol. The molecule has 3 N–H and O–H groups in total. The van der Waals surface area contributed by atoms with E-state index in [4.69, 9.17) is 18.0 Å². The number of thiocarbonyl (C=S) groups is 1. The van der Waals surface area contributed by atoms with Crippen LogP contribution in [0.3, 0.4) is 0 Å². The lowest BCUT2D eigenvalue weighted by molar-refractivity contribution is -0.115. The zero-order valence-corrected chi connectivity index (χ0v) is 13.0. The Labute approximate surface area is 130 Å². The first kappa shape index (κ1) is 15.2. The number of amides is 1. The van der Waals surface area contributed by atoms with Gasteiger partial charge in [-0.25, -0.2) is 0 Å². The standard InChI is InChI=1S/C17H18N2OS/c1-11-6-3-4-8-13(11)10-15(20)19-14-9-5-7-12(2)16(14)17(18)21/h3-9H,10H2,1-2H3,(H2,18,21)(H,19,20). The summed E-state index contributed by atoms with van der Waals surface area (Å²) in [4.78, 5) is 12.5. The summed E-state index contributed by atoms with van der Waals surface area (Å²) in [6.07, 6.45) is 0.331. The van der Waals surface area contributed by atoms with Gasteiger partial charge in [-0.3, -0.25) is 4.79 Å². The molecule has 0 atom stereocenters. The molecule has 21 heavy (non-hydrogen) atoms. The fraction of sp³-hybridized carbons (Fsp3) is 0.176. The van der Waals surface area contributed by atoms with Gasteiger partial charge in [-0.1, -0.05) is 48.6 Å². The third kappa shape index (κ3) is 3.67. The van der Waals surface area contributed by atoms with Crippen LogP contribution in [-0.2, 0) is 11.2 Å². The summed E-state index contributed by atoms with van der Waals surface area (Å²) in [5.41, 5.74) is 10.2. The molecule has 0 bridgehead atoms. The first-order valence-electron chi connectivity index (χ1n) is 6.73. The topological polar surface area (TPSA) is 55.1 Å². The normalized spacial score (nSPS) is 10.2. The third-order valence-electron chi connectivity index (χ3n) is 3.41. The third-order valence-corrected chi connectivity index (χ3v) is 3.61. The minimum atomic E-state index is -0.0765. The molecule has 108 valence electrons. The summed E-state index contributed by atoms with van der Waals surface area (Å²) < 4.78 is 0. The van der Waals surface area contributed by atoms with Gasteiger partial charge < -0.3 is 11.1 Å². The molecule has 0 aliphatic carbocycles. The molecule has 4 heteroatoms. The number of benzene rings is 2. The minimum absolute atomic E-state index is 0.0765. The SMILES string of the molecule is Cc1ccccc1CC(=O)Nc1cccc(C)c1C(N)=S. The van der Waals surface area contributed by atoms with Gasteiger partial charge in [0.1, 0.15) is 4.99 Å². The number of carbonyl (C=O) groups is 1. The van der Waals surface area contributed by atoms with Gasteiger partial charge >= 0.3 is 0 Å². The Morgan fingerprint density at radius 1 is 1.10 bits per heavy atom. The first-order chi connectivity index (χ1) is 9.99. The number of nitrogens with two attached hydrogens (primary N) is 1. The van der Waals surface area contributed by atoms with Crippen LogP contribution >= 0.6 is 12.2 Å². The lowest BCUT2D eigenvalue weighted by atomic mass is 10.0. The summed E-state index contributed by atoms with van der Waals surface area (Å²) in [5, 5.41) is 2.90. The van der Waals surface area contributed by atoms with Crippen LogP contribution in [-0.4, -0.2) is 10.9 Å². The number of anilines is 1. The fourth-order valence-corrected chi connectivity index (χ4v) is 2.55. The number of rotatable bonds is 4. The Hall–Kier alpha value is -2.20. The van der Waals surface area contributed by atoms with E-state index in [-0.39, 0.29) is 5.91 Å². The largest absolute Gasteiger partial charge is 0.389 e. The van der Waals surface area contributed by atoms with Crippen molar-refractivity contribution in [3.05, 3.63) is 64.7 Å². The minimum Gasteiger partial charge on any atom is -0.389 e. The highest BCUT2D eigenvalue weighted by Crippen LogP contribution is 2.20. The van der Waals surface area contributed by atoms with E-state index in [1.807, 2.05) is 56.3 Å². The van der Waals surface area contributed by atoms with E-state index in [1.165, 1.54) is 0 Å². The van der Waals surface area contributed by atoms with Crippen LogP contribution in [0, 0.1) is 13.8 Å². The summed E-state index contributed by atoms with van der Waals surface area (Å²) in [6.45, 7) is 3.92. The molecule has 0 unspecified atom stereocenters. The summed E-state index contributed by atoms with van der Waals surface area (Å²) in [5.74, 6) is -0.0765. The number of carbonyl (C=O) groups excluding carboxylic acids is 1. The predicted molar refractivity (Wildman–Crippen MR) is 90.6 cm³/mol. The highest BCUT2D eigenvalue weighted by molar-refractivity contribution is 7.80. The van der Waals surface area contributed by atoms with E-state index in [1.54, 1.807) is 0 Å². The van der Waals surface area contributed by atoms with E-state index in [0.717, 1.165) is 22.3 Å². The summed E-state index contributed by atoms with van der Waals surface area (Å²) >= 11 is 5.07. The number of nitrogens with one attached hydrogen (secondary N) is 1. The van der Waals surface area contributed by atoms with Crippen molar-refractivity contribution in [2.75, 3.05) is 5.32 Å². The molecule has 3 nitrogen and oxygen atoms in total. The highest BCUT2D eigenvalue weighted by Gasteiger charge is 2.12. The maximum atomic E-state index is 12.2. The lowest BCUT2D eigenvalue weighted by Gasteiger charge is -2.13. The molecule has 0 radical (unpaired) electrons. The van der Waals surface area contributed by atoms with Crippen LogP contribution in [0.1, 0.15) is 22.3 Å².